The average molecular weight is 618 g/mol. The number of hydrogen-bond donors (Lipinski definition) is 3. The van der Waals surface area contributed by atoms with Crippen LogP contribution in [0.5, 0.6) is 5.75 Å². The van der Waals surface area contributed by atoms with E-state index < -0.39 is 23.3 Å². The zero-order valence-electron chi connectivity index (χ0n) is 24.2. The van der Waals surface area contributed by atoms with Crippen LogP contribution in [0.4, 0.5) is 17.6 Å². The van der Waals surface area contributed by atoms with Gasteiger partial charge in [-0.3, -0.25) is 9.59 Å². The van der Waals surface area contributed by atoms with Gasteiger partial charge in [0.2, 0.25) is 5.91 Å². The number of ether oxygens (including phenoxy) is 1. The molecular formula is C31H44ClF4N3O3. The number of amides is 2. The first-order valence-corrected chi connectivity index (χ1v) is 15.9. The molecule has 2 aliphatic carbocycles. The van der Waals surface area contributed by atoms with Gasteiger partial charge in [-0.15, -0.1) is 0 Å². The van der Waals surface area contributed by atoms with Crippen LogP contribution in [0.25, 0.3) is 0 Å². The van der Waals surface area contributed by atoms with Crippen LogP contribution in [0.1, 0.15) is 89.9 Å². The van der Waals surface area contributed by atoms with Crippen molar-refractivity contribution in [1.29, 1.82) is 0 Å². The molecule has 0 radical (unpaired) electrons. The maximum absolute atomic E-state index is 13.8. The Bertz CT molecular complexity index is 1040. The normalized spacial score (nSPS) is 27.2. The van der Waals surface area contributed by atoms with Gasteiger partial charge in [0.05, 0.1) is 10.9 Å². The Kier molecular flexibility index (Phi) is 11.8. The minimum atomic E-state index is -4.22. The molecule has 0 bridgehead atoms. The highest BCUT2D eigenvalue weighted by Gasteiger charge is 2.51. The molecule has 42 heavy (non-hydrogen) atoms. The van der Waals surface area contributed by atoms with Crippen LogP contribution in [0.2, 0.25) is 5.02 Å². The van der Waals surface area contributed by atoms with Gasteiger partial charge in [-0.05, 0) is 62.5 Å². The van der Waals surface area contributed by atoms with Crippen LogP contribution in [-0.2, 0) is 9.59 Å². The van der Waals surface area contributed by atoms with Gasteiger partial charge in [0.1, 0.15) is 11.6 Å². The molecule has 2 saturated carbocycles. The fourth-order valence-electron chi connectivity index (χ4n) is 7.07. The van der Waals surface area contributed by atoms with Crippen LogP contribution in [0, 0.1) is 23.1 Å². The lowest BCUT2D eigenvalue weighted by Gasteiger charge is -2.49. The minimum Gasteiger partial charge on any atom is -0.484 e. The van der Waals surface area contributed by atoms with E-state index in [-0.39, 0.29) is 60.2 Å². The lowest BCUT2D eigenvalue weighted by atomic mass is 9.64. The third kappa shape index (κ3) is 9.21. The zero-order chi connectivity index (χ0) is 30.2. The summed E-state index contributed by atoms with van der Waals surface area (Å²) in [5, 5.41) is 9.19. The second-order valence-electron chi connectivity index (χ2n) is 12.5. The molecule has 3 aliphatic rings. The van der Waals surface area contributed by atoms with Gasteiger partial charge < -0.3 is 20.7 Å². The van der Waals surface area contributed by atoms with Gasteiger partial charge in [-0.2, -0.15) is 13.2 Å². The molecule has 3 fully saturated rings. The number of benzene rings is 1. The Labute approximate surface area is 251 Å². The molecule has 1 aromatic carbocycles. The summed E-state index contributed by atoms with van der Waals surface area (Å²) in [5.74, 6) is -2.35. The summed E-state index contributed by atoms with van der Waals surface area (Å²) in [6.07, 6.45) is 7.31. The number of carbonyl (C=O) groups excluding carboxylic acids is 2. The molecule has 1 heterocycles. The molecule has 1 aliphatic heterocycles. The second-order valence-corrected chi connectivity index (χ2v) is 12.9. The highest BCUT2D eigenvalue weighted by atomic mass is 35.5. The third-order valence-electron chi connectivity index (χ3n) is 9.52. The Morgan fingerprint density at radius 2 is 1.64 bits per heavy atom. The first-order valence-electron chi connectivity index (χ1n) is 15.5. The van der Waals surface area contributed by atoms with E-state index in [1.807, 2.05) is 0 Å². The summed E-state index contributed by atoms with van der Waals surface area (Å²) in [5.41, 5.74) is -0.467. The molecule has 6 nitrogen and oxygen atoms in total. The van der Waals surface area contributed by atoms with Crippen molar-refractivity contribution in [1.82, 2.24) is 16.0 Å². The van der Waals surface area contributed by atoms with Crippen LogP contribution >= 0.6 is 11.6 Å². The van der Waals surface area contributed by atoms with Crippen molar-refractivity contribution in [2.45, 2.75) is 108 Å². The Morgan fingerprint density at radius 1 is 1.00 bits per heavy atom. The first-order chi connectivity index (χ1) is 20.1. The predicted octanol–water partition coefficient (Wildman–Crippen LogP) is 6.70. The van der Waals surface area contributed by atoms with Crippen LogP contribution < -0.4 is 20.7 Å². The molecule has 236 valence electrons. The molecule has 3 N–H and O–H groups in total. The predicted molar refractivity (Wildman–Crippen MR) is 154 cm³/mol. The molecular weight excluding hydrogens is 574 g/mol. The number of alkyl halides is 3. The smallest absolute Gasteiger partial charge is 0.393 e. The highest BCUT2D eigenvalue weighted by molar-refractivity contribution is 6.30. The summed E-state index contributed by atoms with van der Waals surface area (Å²) < 4.78 is 60.3. The molecule has 2 unspecified atom stereocenters. The van der Waals surface area contributed by atoms with Gasteiger partial charge >= 0.3 is 6.18 Å². The van der Waals surface area contributed by atoms with E-state index in [0.717, 1.165) is 57.4 Å². The molecule has 2 amide bonds. The molecule has 0 aromatic heterocycles. The van der Waals surface area contributed by atoms with Crippen molar-refractivity contribution in [3.05, 3.63) is 29.0 Å². The number of hydrogen-bond acceptors (Lipinski definition) is 4. The fourth-order valence-corrected chi connectivity index (χ4v) is 7.19. The summed E-state index contributed by atoms with van der Waals surface area (Å²) in [7, 11) is 0. The lowest BCUT2D eigenvalue weighted by molar-refractivity contribution is -0.192. The van der Waals surface area contributed by atoms with E-state index in [1.54, 1.807) is 0 Å². The molecule has 1 aromatic rings. The summed E-state index contributed by atoms with van der Waals surface area (Å²) in [6.45, 7) is -0.0250. The van der Waals surface area contributed by atoms with Gasteiger partial charge in [0.15, 0.2) is 6.61 Å². The quantitative estimate of drug-likeness (QED) is 0.298. The topological polar surface area (TPSA) is 79.5 Å². The van der Waals surface area contributed by atoms with Gasteiger partial charge in [0, 0.05) is 37.2 Å². The fraction of sp³-hybridized carbons (Fsp3) is 0.742. The molecule has 11 heteroatoms. The van der Waals surface area contributed by atoms with Gasteiger partial charge in [-0.25, -0.2) is 4.39 Å². The van der Waals surface area contributed by atoms with E-state index in [9.17, 15) is 27.2 Å². The van der Waals surface area contributed by atoms with E-state index in [1.165, 1.54) is 18.6 Å². The maximum Gasteiger partial charge on any atom is 0.393 e. The second kappa shape index (κ2) is 15.1. The van der Waals surface area contributed by atoms with Gasteiger partial charge in [0.25, 0.3) is 5.91 Å². The SMILES string of the molecule is O=C(COc1ccc(Cl)c(F)c1)N[C@H]1CC[C@H](C(=O)NCC2NCC(C(F)(F)F)CC23CCCCCCCCC3)CC1. The largest absolute Gasteiger partial charge is 0.484 e. The average Bonchev–Trinajstić information content (AvgIpc) is 2.96. The van der Waals surface area contributed by atoms with Crippen molar-refractivity contribution >= 4 is 23.4 Å². The molecule has 2 atom stereocenters. The number of halogens is 5. The molecule has 4 rings (SSSR count). The maximum atomic E-state index is 13.8. The Hall–Kier alpha value is -2.07. The van der Waals surface area contributed by atoms with Crippen molar-refractivity contribution in [3.8, 4) is 5.75 Å². The van der Waals surface area contributed by atoms with E-state index in [2.05, 4.69) is 16.0 Å². The van der Waals surface area contributed by atoms with Crippen LogP contribution in [0.3, 0.4) is 0 Å². The number of carbonyl (C=O) groups is 2. The van der Waals surface area contributed by atoms with E-state index in [4.69, 9.17) is 16.3 Å². The molecule has 1 spiro atoms. The number of piperidine rings is 1. The van der Waals surface area contributed by atoms with Crippen molar-refractivity contribution in [3.63, 3.8) is 0 Å². The highest BCUT2D eigenvalue weighted by Crippen LogP contribution is 2.47. The number of rotatable bonds is 7. The number of nitrogens with one attached hydrogen (secondary N) is 3. The van der Waals surface area contributed by atoms with Crippen LogP contribution in [-0.4, -0.2) is 49.8 Å². The molecule has 1 saturated heterocycles. The monoisotopic (exact) mass is 617 g/mol. The summed E-state index contributed by atoms with van der Waals surface area (Å²) in [4.78, 5) is 25.5. The van der Waals surface area contributed by atoms with E-state index in [0.29, 0.717) is 32.2 Å². The lowest BCUT2D eigenvalue weighted by Crippen LogP contribution is -2.60. The van der Waals surface area contributed by atoms with Crippen molar-refractivity contribution in [2.24, 2.45) is 17.3 Å². The van der Waals surface area contributed by atoms with E-state index >= 15 is 0 Å². The van der Waals surface area contributed by atoms with Crippen molar-refractivity contribution < 1.29 is 31.9 Å². The van der Waals surface area contributed by atoms with Crippen LogP contribution in [0.15, 0.2) is 18.2 Å². The minimum absolute atomic E-state index is 0.0252. The first kappa shape index (κ1) is 32.8. The van der Waals surface area contributed by atoms with Gasteiger partial charge in [-0.1, -0.05) is 56.5 Å². The third-order valence-corrected chi connectivity index (χ3v) is 9.83. The summed E-state index contributed by atoms with van der Waals surface area (Å²) in [6, 6.07) is 3.71. The zero-order valence-corrected chi connectivity index (χ0v) is 24.9. The van der Waals surface area contributed by atoms with Crippen molar-refractivity contribution in [2.75, 3.05) is 19.7 Å². The Morgan fingerprint density at radius 3 is 2.26 bits per heavy atom. The summed E-state index contributed by atoms with van der Waals surface area (Å²) >= 11 is 5.66. The Balaban J connectivity index is 1.25. The standard InChI is InChI=1S/C31H44ClF4N3O3/c32-25-13-12-24(16-26(25)33)42-20-28(40)39-23-10-8-21(9-11-23)29(41)38-19-27-30(17-22(18-37-27)31(34,35)36)14-6-4-2-1-3-5-7-15-30/h12-13,16,21-23,27,37H,1-11,14-15,17-20H2,(H,38,41)(H,39,40)/t21-,22?,23-,27?.